The minimum atomic E-state index is 0.272. The normalized spacial score (nSPS) is 11.9. The van der Waals surface area contributed by atoms with Gasteiger partial charge in [-0.2, -0.15) is 0 Å². The molecule has 0 aliphatic rings. The van der Waals surface area contributed by atoms with Crippen LogP contribution in [0.1, 0.15) is 22.7 Å². The van der Waals surface area contributed by atoms with Crippen LogP contribution in [0.2, 0.25) is 0 Å². The van der Waals surface area contributed by atoms with E-state index >= 15 is 0 Å². The van der Waals surface area contributed by atoms with Gasteiger partial charge in [-0.15, -0.1) is 0 Å². The van der Waals surface area contributed by atoms with Gasteiger partial charge in [-0.3, -0.25) is 0 Å². The highest BCUT2D eigenvalue weighted by atomic mass is 32.1. The Bertz CT molecular complexity index is 731. The molecule has 2 rings (SSSR count). The first kappa shape index (κ1) is 19.2. The Balaban J connectivity index is 2.03. The molecule has 2 aromatic carbocycles. The van der Waals surface area contributed by atoms with E-state index in [1.165, 1.54) is 21.6 Å². The van der Waals surface area contributed by atoms with Crippen molar-refractivity contribution in [2.24, 2.45) is 0 Å². The number of anilines is 1. The fourth-order valence-corrected chi connectivity index (χ4v) is 2.94. The van der Waals surface area contributed by atoms with Crippen molar-refractivity contribution in [3.63, 3.8) is 0 Å². The van der Waals surface area contributed by atoms with Gasteiger partial charge in [-0.1, -0.05) is 24.3 Å². The average Bonchev–Trinajstić information content (AvgIpc) is 2.58. The number of hydrogen-bond donors (Lipinski definition) is 3. The van der Waals surface area contributed by atoms with Crippen LogP contribution in [0.4, 0.5) is 5.69 Å². The Labute approximate surface area is 156 Å². The molecule has 0 fully saturated rings. The van der Waals surface area contributed by atoms with Crippen molar-refractivity contribution < 1.29 is 9.64 Å². The van der Waals surface area contributed by atoms with Gasteiger partial charge in [0, 0.05) is 11.3 Å². The number of nitrogens with one attached hydrogen (secondary N) is 3. The third kappa shape index (κ3) is 5.44. The Morgan fingerprint density at radius 1 is 1.16 bits per heavy atom. The van der Waals surface area contributed by atoms with E-state index in [4.69, 9.17) is 17.0 Å². The largest absolute Gasteiger partial charge is 0.497 e. The maximum Gasteiger partial charge on any atom is 0.171 e. The van der Waals surface area contributed by atoms with Crippen molar-refractivity contribution in [2.75, 3.05) is 33.1 Å². The van der Waals surface area contributed by atoms with Crippen molar-refractivity contribution in [1.29, 1.82) is 0 Å². The molecule has 0 saturated carbocycles. The maximum atomic E-state index is 5.49. The summed E-state index contributed by atoms with van der Waals surface area (Å²) in [5.41, 5.74) is 4.66. The first-order valence-electron chi connectivity index (χ1n) is 8.47. The van der Waals surface area contributed by atoms with Crippen molar-refractivity contribution in [3.05, 3.63) is 59.2 Å². The smallest absolute Gasteiger partial charge is 0.171 e. The lowest BCUT2D eigenvalue weighted by atomic mass is 10.1. The second kappa shape index (κ2) is 8.83. The lowest BCUT2D eigenvalue weighted by Crippen LogP contribution is -3.07. The molecule has 0 bridgehead atoms. The van der Waals surface area contributed by atoms with Gasteiger partial charge in [0.1, 0.15) is 11.8 Å². The van der Waals surface area contributed by atoms with Crippen LogP contribution in [0.25, 0.3) is 0 Å². The Morgan fingerprint density at radius 2 is 1.92 bits per heavy atom. The van der Waals surface area contributed by atoms with Gasteiger partial charge in [-0.05, 0) is 55.4 Å². The number of ether oxygens (including phenoxy) is 1. The summed E-state index contributed by atoms with van der Waals surface area (Å²) < 4.78 is 5.35. The van der Waals surface area contributed by atoms with E-state index in [-0.39, 0.29) is 6.04 Å². The number of thiocarbonyl (C=S) groups is 1. The van der Waals surface area contributed by atoms with Crippen molar-refractivity contribution in [2.45, 2.75) is 19.9 Å². The lowest BCUT2D eigenvalue weighted by Gasteiger charge is -2.23. The van der Waals surface area contributed by atoms with Gasteiger partial charge in [0.25, 0.3) is 0 Å². The molecule has 0 aliphatic carbocycles. The molecule has 0 aliphatic heterocycles. The molecule has 2 aromatic rings. The van der Waals surface area contributed by atoms with Crippen LogP contribution >= 0.6 is 12.2 Å². The van der Waals surface area contributed by atoms with Gasteiger partial charge in [0.15, 0.2) is 5.11 Å². The second-order valence-electron chi connectivity index (χ2n) is 6.56. The minimum Gasteiger partial charge on any atom is -0.497 e. The summed E-state index contributed by atoms with van der Waals surface area (Å²) in [4.78, 5) is 1.33. The summed E-state index contributed by atoms with van der Waals surface area (Å²) in [6.45, 7) is 4.90. The van der Waals surface area contributed by atoms with Crippen LogP contribution in [0.3, 0.4) is 0 Å². The summed E-state index contributed by atoms with van der Waals surface area (Å²) in [5.74, 6) is 0.875. The third-order valence-corrected chi connectivity index (χ3v) is 4.55. The number of methoxy groups -OCH3 is 1. The molecule has 0 aromatic heterocycles. The van der Waals surface area contributed by atoms with Gasteiger partial charge < -0.3 is 20.3 Å². The van der Waals surface area contributed by atoms with E-state index in [9.17, 15) is 0 Å². The number of hydrogen-bond acceptors (Lipinski definition) is 2. The fourth-order valence-electron chi connectivity index (χ4n) is 2.75. The summed E-state index contributed by atoms with van der Waals surface area (Å²) in [5, 5.41) is 7.30. The average molecular weight is 359 g/mol. The molecule has 4 nitrogen and oxygen atoms in total. The first-order chi connectivity index (χ1) is 11.9. The summed E-state index contributed by atoms with van der Waals surface area (Å²) in [7, 11) is 5.98. The molecule has 0 radical (unpaired) electrons. The van der Waals surface area contributed by atoms with E-state index < -0.39 is 0 Å². The predicted molar refractivity (Wildman–Crippen MR) is 109 cm³/mol. The second-order valence-corrected chi connectivity index (χ2v) is 6.97. The summed E-state index contributed by atoms with van der Waals surface area (Å²) >= 11 is 5.49. The Kier molecular flexibility index (Phi) is 6.79. The monoisotopic (exact) mass is 358 g/mol. The van der Waals surface area contributed by atoms with E-state index in [1.807, 2.05) is 12.1 Å². The number of aryl methyl sites for hydroxylation is 2. The molecule has 0 heterocycles. The maximum absolute atomic E-state index is 5.49. The Hall–Kier alpha value is -2.11. The molecule has 134 valence electrons. The summed E-state index contributed by atoms with van der Waals surface area (Å²) in [6.07, 6.45) is 0. The van der Waals surface area contributed by atoms with Gasteiger partial charge >= 0.3 is 0 Å². The highest BCUT2D eigenvalue weighted by Crippen LogP contribution is 2.18. The number of likely N-dealkylation sites (N-methyl/N-ethyl adjacent to an activating group) is 1. The zero-order valence-electron chi connectivity index (χ0n) is 15.6. The van der Waals surface area contributed by atoms with Crippen LogP contribution in [-0.4, -0.2) is 32.9 Å². The van der Waals surface area contributed by atoms with Crippen LogP contribution in [-0.2, 0) is 0 Å². The van der Waals surface area contributed by atoms with E-state index in [1.54, 1.807) is 7.11 Å². The van der Waals surface area contributed by atoms with Crippen LogP contribution < -0.4 is 20.3 Å². The van der Waals surface area contributed by atoms with Gasteiger partial charge in [-0.25, -0.2) is 0 Å². The third-order valence-electron chi connectivity index (χ3n) is 4.30. The van der Waals surface area contributed by atoms with Gasteiger partial charge in [0.05, 0.1) is 27.7 Å². The van der Waals surface area contributed by atoms with E-state index in [0.29, 0.717) is 5.11 Å². The van der Waals surface area contributed by atoms with E-state index in [0.717, 1.165) is 18.0 Å². The zero-order valence-corrected chi connectivity index (χ0v) is 16.5. The lowest BCUT2D eigenvalue weighted by molar-refractivity contribution is -0.890. The van der Waals surface area contributed by atoms with Crippen LogP contribution in [0.15, 0.2) is 42.5 Å². The molecule has 0 amide bonds. The van der Waals surface area contributed by atoms with Crippen molar-refractivity contribution in [3.8, 4) is 5.75 Å². The fraction of sp³-hybridized carbons (Fsp3) is 0.350. The molecule has 0 unspecified atom stereocenters. The first-order valence-corrected chi connectivity index (χ1v) is 8.87. The van der Waals surface area contributed by atoms with Crippen LogP contribution in [0.5, 0.6) is 5.75 Å². The molecule has 3 N–H and O–H groups in total. The van der Waals surface area contributed by atoms with Crippen LogP contribution in [0, 0.1) is 13.8 Å². The molecule has 0 spiro atoms. The summed E-state index contributed by atoms with van der Waals surface area (Å²) in [6, 6.07) is 14.8. The minimum absolute atomic E-state index is 0.272. The molecule has 25 heavy (non-hydrogen) atoms. The standard InChI is InChI=1S/C20H27N3OS/c1-14-9-10-15(2)18(11-14)22-20(25)21-13-19(23(3)4)16-7-6-8-17(12-16)24-5/h6-12,19H,13H2,1-5H3,(H2,21,22,25)/p+1/t19-/m1/s1. The quantitative estimate of drug-likeness (QED) is 0.694. The highest BCUT2D eigenvalue weighted by Gasteiger charge is 2.18. The molecular formula is C20H28N3OS+. The molecule has 0 saturated heterocycles. The van der Waals surface area contributed by atoms with Crippen molar-refractivity contribution in [1.82, 2.24) is 5.32 Å². The number of quaternary nitrogens is 1. The molecule has 1 atom stereocenters. The van der Waals surface area contributed by atoms with E-state index in [2.05, 4.69) is 68.9 Å². The topological polar surface area (TPSA) is 37.7 Å². The van der Waals surface area contributed by atoms with Crippen molar-refractivity contribution >= 4 is 23.0 Å². The number of rotatable bonds is 6. The zero-order chi connectivity index (χ0) is 18.4. The molecular weight excluding hydrogens is 330 g/mol. The molecule has 5 heteroatoms. The number of benzene rings is 2. The Morgan fingerprint density at radius 3 is 2.60 bits per heavy atom. The SMILES string of the molecule is COc1cccc([C@@H](CNC(=S)Nc2cc(C)ccc2C)[NH+](C)C)c1. The van der Waals surface area contributed by atoms with Gasteiger partial charge in [0.2, 0.25) is 0 Å². The highest BCUT2D eigenvalue weighted by molar-refractivity contribution is 7.80. The predicted octanol–water partition coefficient (Wildman–Crippen LogP) is 2.48.